The van der Waals surface area contributed by atoms with E-state index < -0.39 is 0 Å². The Bertz CT molecular complexity index is 339. The van der Waals surface area contributed by atoms with Crippen molar-refractivity contribution in [2.45, 2.75) is 47.2 Å². The summed E-state index contributed by atoms with van der Waals surface area (Å²) in [4.78, 5) is 2.36. The number of hydrogen-bond acceptors (Lipinski definition) is 3. The highest BCUT2D eigenvalue weighted by molar-refractivity contribution is 5.16. The van der Waals surface area contributed by atoms with E-state index in [2.05, 4.69) is 51.0 Å². The van der Waals surface area contributed by atoms with Crippen LogP contribution < -0.4 is 5.32 Å². The molecule has 0 saturated heterocycles. The number of furan rings is 1. The average molecular weight is 252 g/mol. The Morgan fingerprint density at radius 2 is 2.06 bits per heavy atom. The third-order valence-corrected chi connectivity index (χ3v) is 2.73. The number of nitrogens with one attached hydrogen (secondary N) is 1. The average Bonchev–Trinajstić information content (AvgIpc) is 2.63. The second-order valence-electron chi connectivity index (χ2n) is 6.28. The molecule has 0 unspecified atom stereocenters. The van der Waals surface area contributed by atoms with Gasteiger partial charge in [0.15, 0.2) is 0 Å². The zero-order valence-electron chi connectivity index (χ0n) is 12.5. The fourth-order valence-corrected chi connectivity index (χ4v) is 2.20. The maximum absolute atomic E-state index is 5.55. The van der Waals surface area contributed by atoms with Gasteiger partial charge in [0.2, 0.25) is 0 Å². The second kappa shape index (κ2) is 6.95. The fraction of sp³-hybridized carbons (Fsp3) is 0.733. The zero-order valence-corrected chi connectivity index (χ0v) is 12.5. The lowest BCUT2D eigenvalue weighted by molar-refractivity contribution is 0.219. The molecule has 1 N–H and O–H groups in total. The molecule has 18 heavy (non-hydrogen) atoms. The van der Waals surface area contributed by atoms with Gasteiger partial charge in [-0.05, 0) is 31.5 Å². The highest BCUT2D eigenvalue weighted by Crippen LogP contribution is 2.18. The molecule has 0 radical (unpaired) electrons. The summed E-state index contributed by atoms with van der Waals surface area (Å²) < 4.78 is 5.55. The predicted molar refractivity (Wildman–Crippen MR) is 76.5 cm³/mol. The second-order valence-corrected chi connectivity index (χ2v) is 6.28. The molecule has 0 amide bonds. The van der Waals surface area contributed by atoms with Crippen molar-refractivity contribution < 1.29 is 4.42 Å². The number of hydrogen-bond donors (Lipinski definition) is 1. The molecule has 0 aliphatic heterocycles. The molecule has 0 aliphatic rings. The summed E-state index contributed by atoms with van der Waals surface area (Å²) in [6.07, 6.45) is 2.95. The van der Waals surface area contributed by atoms with Crippen molar-refractivity contribution in [2.75, 3.05) is 20.1 Å². The molecule has 1 rings (SSSR count). The molecular formula is C15H28N2O. The van der Waals surface area contributed by atoms with Gasteiger partial charge in [0.25, 0.3) is 0 Å². The summed E-state index contributed by atoms with van der Waals surface area (Å²) in [6.45, 7) is 12.9. The molecule has 0 fully saturated rings. The molecule has 0 aliphatic carbocycles. The Balaban J connectivity index is 2.48. The summed E-state index contributed by atoms with van der Waals surface area (Å²) in [5.74, 6) is 1.07. The Kier molecular flexibility index (Phi) is 5.89. The van der Waals surface area contributed by atoms with E-state index in [0.717, 1.165) is 38.4 Å². The van der Waals surface area contributed by atoms with Crippen LogP contribution in [0.25, 0.3) is 0 Å². The van der Waals surface area contributed by atoms with Gasteiger partial charge in [-0.25, -0.2) is 0 Å². The quantitative estimate of drug-likeness (QED) is 0.755. The van der Waals surface area contributed by atoms with Crippen molar-refractivity contribution in [1.29, 1.82) is 0 Å². The van der Waals surface area contributed by atoms with E-state index in [1.807, 2.05) is 0 Å². The van der Waals surface area contributed by atoms with E-state index in [9.17, 15) is 0 Å². The van der Waals surface area contributed by atoms with Crippen molar-refractivity contribution in [2.24, 2.45) is 5.41 Å². The summed E-state index contributed by atoms with van der Waals surface area (Å²) in [5, 5.41) is 3.39. The van der Waals surface area contributed by atoms with E-state index in [0.29, 0.717) is 5.41 Å². The van der Waals surface area contributed by atoms with Crippen LogP contribution in [0.1, 0.15) is 45.4 Å². The van der Waals surface area contributed by atoms with E-state index in [1.54, 1.807) is 6.26 Å². The Labute approximate surface area is 112 Å². The van der Waals surface area contributed by atoms with E-state index in [-0.39, 0.29) is 0 Å². The normalized spacial score (nSPS) is 12.3. The molecule has 1 aromatic rings. The highest BCUT2D eigenvalue weighted by Gasteiger charge is 2.15. The smallest absolute Gasteiger partial charge is 0.122 e. The number of nitrogens with zero attached hydrogens (tertiary/aromatic N) is 1. The molecule has 1 heterocycles. The van der Waals surface area contributed by atoms with Crippen molar-refractivity contribution in [1.82, 2.24) is 10.2 Å². The SMILES string of the molecule is CCCNCc1occc1CN(C)CC(C)(C)C. The Morgan fingerprint density at radius 1 is 1.33 bits per heavy atom. The van der Waals surface area contributed by atoms with Crippen molar-refractivity contribution in [3.05, 3.63) is 23.7 Å². The fourth-order valence-electron chi connectivity index (χ4n) is 2.20. The van der Waals surface area contributed by atoms with E-state index in [4.69, 9.17) is 4.42 Å². The van der Waals surface area contributed by atoms with Crippen LogP contribution in [0.3, 0.4) is 0 Å². The molecule has 1 aromatic heterocycles. The third kappa shape index (κ3) is 5.69. The molecule has 0 spiro atoms. The monoisotopic (exact) mass is 252 g/mol. The van der Waals surface area contributed by atoms with Gasteiger partial charge in [0.05, 0.1) is 12.8 Å². The molecule has 0 aromatic carbocycles. The van der Waals surface area contributed by atoms with Crippen LogP contribution in [0.2, 0.25) is 0 Å². The van der Waals surface area contributed by atoms with Crippen LogP contribution in [0, 0.1) is 5.41 Å². The first-order valence-electron chi connectivity index (χ1n) is 6.87. The molecule has 104 valence electrons. The molecule has 0 bridgehead atoms. The minimum atomic E-state index is 0.332. The lowest BCUT2D eigenvalue weighted by Crippen LogP contribution is -2.29. The molecular weight excluding hydrogens is 224 g/mol. The summed E-state index contributed by atoms with van der Waals surface area (Å²) >= 11 is 0. The highest BCUT2D eigenvalue weighted by atomic mass is 16.3. The van der Waals surface area contributed by atoms with Gasteiger partial charge >= 0.3 is 0 Å². The van der Waals surface area contributed by atoms with Gasteiger partial charge in [-0.3, -0.25) is 0 Å². The lowest BCUT2D eigenvalue weighted by Gasteiger charge is -2.26. The topological polar surface area (TPSA) is 28.4 Å². The van der Waals surface area contributed by atoms with E-state index in [1.165, 1.54) is 5.56 Å². The van der Waals surface area contributed by atoms with Crippen molar-refractivity contribution >= 4 is 0 Å². The minimum Gasteiger partial charge on any atom is -0.468 e. The van der Waals surface area contributed by atoms with Crippen LogP contribution in [0.5, 0.6) is 0 Å². The van der Waals surface area contributed by atoms with Crippen LogP contribution >= 0.6 is 0 Å². The first-order chi connectivity index (χ1) is 8.42. The lowest BCUT2D eigenvalue weighted by atomic mass is 9.96. The van der Waals surface area contributed by atoms with Crippen LogP contribution in [-0.2, 0) is 13.1 Å². The first kappa shape index (κ1) is 15.3. The molecule has 0 saturated carbocycles. The molecule has 3 heteroatoms. The van der Waals surface area contributed by atoms with E-state index >= 15 is 0 Å². The van der Waals surface area contributed by atoms with Gasteiger partial charge in [0.1, 0.15) is 5.76 Å². The summed E-state index contributed by atoms with van der Waals surface area (Å²) in [5.41, 5.74) is 1.63. The summed E-state index contributed by atoms with van der Waals surface area (Å²) in [7, 11) is 2.17. The Morgan fingerprint density at radius 3 is 2.67 bits per heavy atom. The maximum atomic E-state index is 5.55. The van der Waals surface area contributed by atoms with Gasteiger partial charge in [-0.1, -0.05) is 27.7 Å². The van der Waals surface area contributed by atoms with Gasteiger partial charge < -0.3 is 14.6 Å². The van der Waals surface area contributed by atoms with Gasteiger partial charge in [-0.2, -0.15) is 0 Å². The Hall–Kier alpha value is -0.800. The predicted octanol–water partition coefficient (Wildman–Crippen LogP) is 3.26. The van der Waals surface area contributed by atoms with Crippen molar-refractivity contribution in [3.8, 4) is 0 Å². The minimum absolute atomic E-state index is 0.332. The number of rotatable bonds is 7. The molecule has 0 atom stereocenters. The largest absolute Gasteiger partial charge is 0.468 e. The summed E-state index contributed by atoms with van der Waals surface area (Å²) in [6, 6.07) is 2.09. The third-order valence-electron chi connectivity index (χ3n) is 2.73. The standard InChI is InChI=1S/C15H28N2O/c1-6-8-16-10-14-13(7-9-18-14)11-17(5)12-15(2,3)4/h7,9,16H,6,8,10-12H2,1-5H3. The van der Waals surface area contributed by atoms with Crippen molar-refractivity contribution in [3.63, 3.8) is 0 Å². The first-order valence-corrected chi connectivity index (χ1v) is 6.87. The maximum Gasteiger partial charge on any atom is 0.122 e. The van der Waals surface area contributed by atoms with Gasteiger partial charge in [-0.15, -0.1) is 0 Å². The molecule has 3 nitrogen and oxygen atoms in total. The van der Waals surface area contributed by atoms with Crippen LogP contribution in [0.15, 0.2) is 16.7 Å². The van der Waals surface area contributed by atoms with Crippen LogP contribution in [0.4, 0.5) is 0 Å². The van der Waals surface area contributed by atoms with Gasteiger partial charge in [0, 0.05) is 18.7 Å². The van der Waals surface area contributed by atoms with Crippen LogP contribution in [-0.4, -0.2) is 25.0 Å². The zero-order chi connectivity index (χ0) is 13.6.